The van der Waals surface area contributed by atoms with Crippen LogP contribution in [0.15, 0.2) is 40.9 Å². The Kier molecular flexibility index (Phi) is 6.63. The molecular weight excluding hydrogens is 453 g/mol. The minimum Gasteiger partial charge on any atom is -0.466 e. The number of rotatable bonds is 7. The minimum atomic E-state index is -0.198. The van der Waals surface area contributed by atoms with Crippen LogP contribution in [0.3, 0.4) is 0 Å². The van der Waals surface area contributed by atoms with Gasteiger partial charge >= 0.3 is 5.97 Å². The number of nitrogens with zero attached hydrogens (tertiary/aromatic N) is 2. The van der Waals surface area contributed by atoms with Crippen LogP contribution in [0.4, 0.5) is 11.6 Å². The maximum atomic E-state index is 11.7. The number of ether oxygens (including phenoxy) is 1. The lowest BCUT2D eigenvalue weighted by Crippen LogP contribution is -2.08. The van der Waals surface area contributed by atoms with E-state index in [0.29, 0.717) is 47.7 Å². The molecule has 8 heteroatoms. The van der Waals surface area contributed by atoms with Gasteiger partial charge in [0.2, 0.25) is 5.95 Å². The minimum absolute atomic E-state index is 0.198. The van der Waals surface area contributed by atoms with E-state index in [4.69, 9.17) is 27.9 Å². The van der Waals surface area contributed by atoms with E-state index >= 15 is 0 Å². The third-order valence-electron chi connectivity index (χ3n) is 3.96. The predicted octanol–water partition coefficient (Wildman–Crippen LogP) is 6.19. The van der Waals surface area contributed by atoms with Crippen molar-refractivity contribution in [2.75, 3.05) is 11.9 Å². The van der Waals surface area contributed by atoms with E-state index in [0.717, 1.165) is 15.5 Å². The Bertz CT molecular complexity index is 975. The first-order valence-electron chi connectivity index (χ1n) is 8.52. The molecule has 2 aromatic carbocycles. The van der Waals surface area contributed by atoms with E-state index in [1.807, 2.05) is 28.8 Å². The Morgan fingerprint density at radius 3 is 2.85 bits per heavy atom. The molecule has 0 spiro atoms. The fourth-order valence-electron chi connectivity index (χ4n) is 2.78. The molecule has 0 aliphatic heterocycles. The number of carbonyl (C=O) groups is 1. The maximum absolute atomic E-state index is 11.7. The standard InChI is InChI=1S/C19H18BrCl2N3O2/c1-2-27-17(26)7-4-10-25-18-13(20)5-3-6-16(18)24-19(25)23-15-9-8-12(21)11-14(15)22/h3,5-6,8-9,11H,2,4,7,10H2,1H3,(H,23,24). The smallest absolute Gasteiger partial charge is 0.305 e. The molecular formula is C19H18BrCl2N3O2. The number of para-hydroxylation sites is 1. The Labute approximate surface area is 175 Å². The number of benzene rings is 2. The van der Waals surface area contributed by atoms with Crippen molar-refractivity contribution in [1.82, 2.24) is 9.55 Å². The van der Waals surface area contributed by atoms with Crippen LogP contribution in [-0.4, -0.2) is 22.1 Å². The van der Waals surface area contributed by atoms with E-state index in [-0.39, 0.29) is 5.97 Å². The number of aryl methyl sites for hydroxylation is 1. The van der Waals surface area contributed by atoms with Gasteiger partial charge in [0.1, 0.15) is 0 Å². The molecule has 3 aromatic rings. The first-order valence-corrected chi connectivity index (χ1v) is 10.1. The lowest BCUT2D eigenvalue weighted by Gasteiger charge is -2.12. The summed E-state index contributed by atoms with van der Waals surface area (Å²) in [5.41, 5.74) is 2.50. The maximum Gasteiger partial charge on any atom is 0.305 e. The average molecular weight is 471 g/mol. The third kappa shape index (κ3) is 4.75. The number of aromatic nitrogens is 2. The fraction of sp³-hybridized carbons (Fsp3) is 0.263. The van der Waals surface area contributed by atoms with Crippen molar-refractivity contribution in [3.63, 3.8) is 0 Å². The summed E-state index contributed by atoms with van der Waals surface area (Å²) in [5, 5.41) is 4.34. The number of esters is 1. The van der Waals surface area contributed by atoms with Gasteiger partial charge in [-0.15, -0.1) is 0 Å². The summed E-state index contributed by atoms with van der Waals surface area (Å²) < 4.78 is 7.97. The molecule has 0 saturated heterocycles. The highest BCUT2D eigenvalue weighted by Gasteiger charge is 2.15. The number of hydrogen-bond acceptors (Lipinski definition) is 4. The number of nitrogens with one attached hydrogen (secondary N) is 1. The second-order valence-electron chi connectivity index (χ2n) is 5.85. The van der Waals surface area contributed by atoms with E-state index in [9.17, 15) is 4.79 Å². The zero-order chi connectivity index (χ0) is 19.4. The number of hydrogen-bond donors (Lipinski definition) is 1. The Morgan fingerprint density at radius 2 is 2.11 bits per heavy atom. The summed E-state index contributed by atoms with van der Waals surface area (Å²) in [7, 11) is 0. The number of halogens is 3. The fourth-order valence-corrected chi connectivity index (χ4v) is 3.81. The quantitative estimate of drug-likeness (QED) is 0.418. The average Bonchev–Trinajstić information content (AvgIpc) is 2.96. The highest BCUT2D eigenvalue weighted by molar-refractivity contribution is 9.10. The number of carbonyl (C=O) groups excluding carboxylic acids is 1. The molecule has 0 saturated carbocycles. The zero-order valence-corrected chi connectivity index (χ0v) is 17.7. The van der Waals surface area contributed by atoms with Gasteiger partial charge in [0.15, 0.2) is 0 Å². The van der Waals surface area contributed by atoms with Gasteiger partial charge in [0, 0.05) is 22.5 Å². The van der Waals surface area contributed by atoms with Gasteiger partial charge in [-0.05, 0) is 59.6 Å². The summed E-state index contributed by atoms with van der Waals surface area (Å²) in [6.07, 6.45) is 0.980. The molecule has 5 nitrogen and oxygen atoms in total. The SMILES string of the molecule is CCOC(=O)CCCn1c(Nc2ccc(Cl)cc2Cl)nc2cccc(Br)c21. The number of anilines is 2. The lowest BCUT2D eigenvalue weighted by atomic mass is 10.3. The van der Waals surface area contributed by atoms with Gasteiger partial charge in [-0.1, -0.05) is 29.3 Å². The normalized spacial score (nSPS) is 11.0. The first kappa shape index (κ1) is 20.0. The molecule has 142 valence electrons. The van der Waals surface area contributed by atoms with Crippen LogP contribution >= 0.6 is 39.1 Å². The molecule has 0 aliphatic carbocycles. The molecule has 0 bridgehead atoms. The Morgan fingerprint density at radius 1 is 1.30 bits per heavy atom. The van der Waals surface area contributed by atoms with E-state index in [1.54, 1.807) is 19.1 Å². The molecule has 1 heterocycles. The summed E-state index contributed by atoms with van der Waals surface area (Å²) in [6, 6.07) is 11.1. The molecule has 27 heavy (non-hydrogen) atoms. The van der Waals surface area contributed by atoms with Crippen LogP contribution in [-0.2, 0) is 16.1 Å². The zero-order valence-electron chi connectivity index (χ0n) is 14.6. The summed E-state index contributed by atoms with van der Waals surface area (Å²) in [5.74, 6) is 0.446. The molecule has 1 N–H and O–H groups in total. The van der Waals surface area contributed by atoms with Gasteiger partial charge in [-0.3, -0.25) is 4.79 Å². The second-order valence-corrected chi connectivity index (χ2v) is 7.55. The van der Waals surface area contributed by atoms with Crippen LogP contribution in [0.25, 0.3) is 11.0 Å². The van der Waals surface area contributed by atoms with Crippen LogP contribution in [0.2, 0.25) is 10.0 Å². The molecule has 0 atom stereocenters. The van der Waals surface area contributed by atoms with Crippen molar-refractivity contribution in [2.24, 2.45) is 0 Å². The van der Waals surface area contributed by atoms with Crippen LogP contribution < -0.4 is 5.32 Å². The van der Waals surface area contributed by atoms with E-state index < -0.39 is 0 Å². The summed E-state index contributed by atoms with van der Waals surface area (Å²) in [6.45, 7) is 2.79. The van der Waals surface area contributed by atoms with Gasteiger partial charge < -0.3 is 14.6 Å². The van der Waals surface area contributed by atoms with Gasteiger partial charge in [-0.2, -0.15) is 0 Å². The largest absolute Gasteiger partial charge is 0.466 e. The molecule has 0 aliphatic rings. The second kappa shape index (κ2) is 8.95. The van der Waals surface area contributed by atoms with E-state index in [1.165, 1.54) is 0 Å². The van der Waals surface area contributed by atoms with Gasteiger partial charge in [-0.25, -0.2) is 4.98 Å². The molecule has 1 aromatic heterocycles. The Balaban J connectivity index is 1.91. The van der Waals surface area contributed by atoms with Crippen LogP contribution in [0, 0.1) is 0 Å². The van der Waals surface area contributed by atoms with Crippen molar-refractivity contribution in [1.29, 1.82) is 0 Å². The Hall–Kier alpha value is -1.76. The van der Waals surface area contributed by atoms with Gasteiger partial charge in [0.05, 0.1) is 28.4 Å². The van der Waals surface area contributed by atoms with Crippen molar-refractivity contribution in [3.8, 4) is 0 Å². The van der Waals surface area contributed by atoms with Crippen LogP contribution in [0.5, 0.6) is 0 Å². The monoisotopic (exact) mass is 469 g/mol. The highest BCUT2D eigenvalue weighted by atomic mass is 79.9. The molecule has 3 rings (SSSR count). The lowest BCUT2D eigenvalue weighted by molar-refractivity contribution is -0.143. The van der Waals surface area contributed by atoms with Crippen molar-refractivity contribution >= 4 is 67.8 Å². The van der Waals surface area contributed by atoms with Crippen molar-refractivity contribution in [3.05, 3.63) is 50.9 Å². The van der Waals surface area contributed by atoms with Crippen LogP contribution in [0.1, 0.15) is 19.8 Å². The van der Waals surface area contributed by atoms with E-state index in [2.05, 4.69) is 26.2 Å². The third-order valence-corrected chi connectivity index (χ3v) is 5.15. The van der Waals surface area contributed by atoms with Crippen molar-refractivity contribution in [2.45, 2.75) is 26.3 Å². The summed E-state index contributed by atoms with van der Waals surface area (Å²) in [4.78, 5) is 16.3. The number of fused-ring (bicyclic) bond motifs is 1. The molecule has 0 radical (unpaired) electrons. The molecule has 0 fully saturated rings. The first-order chi connectivity index (χ1) is 13.0. The molecule has 0 amide bonds. The van der Waals surface area contributed by atoms with Crippen molar-refractivity contribution < 1.29 is 9.53 Å². The number of imidazole rings is 1. The predicted molar refractivity (Wildman–Crippen MR) is 113 cm³/mol. The topological polar surface area (TPSA) is 56.1 Å². The highest BCUT2D eigenvalue weighted by Crippen LogP contribution is 2.32. The van der Waals surface area contributed by atoms with Gasteiger partial charge in [0.25, 0.3) is 0 Å². The molecule has 0 unspecified atom stereocenters. The summed E-state index contributed by atoms with van der Waals surface area (Å²) >= 11 is 15.9.